The molecular formula is C9H14F4N2O. The zero-order valence-corrected chi connectivity index (χ0v) is 8.61. The molecule has 2 aliphatic heterocycles. The normalized spacial score (nSPS) is 29.4. The lowest BCUT2D eigenvalue weighted by Crippen LogP contribution is -2.74. The van der Waals surface area contributed by atoms with Crippen molar-refractivity contribution >= 4 is 0 Å². The van der Waals surface area contributed by atoms with Crippen LogP contribution in [0.4, 0.5) is 17.6 Å². The summed E-state index contributed by atoms with van der Waals surface area (Å²) in [6, 6.07) is -0.716. The third kappa shape index (κ3) is 2.03. The number of hydrogen-bond donors (Lipinski definition) is 2. The van der Waals surface area contributed by atoms with Crippen molar-refractivity contribution in [2.24, 2.45) is 0 Å². The molecule has 7 heteroatoms. The summed E-state index contributed by atoms with van der Waals surface area (Å²) in [5.74, 6) is -3.96. The molecule has 0 saturated carbocycles. The Morgan fingerprint density at radius 3 is 2.56 bits per heavy atom. The van der Waals surface area contributed by atoms with Crippen molar-refractivity contribution in [3.05, 3.63) is 0 Å². The highest BCUT2D eigenvalue weighted by Gasteiger charge is 2.53. The van der Waals surface area contributed by atoms with E-state index in [0.717, 1.165) is 0 Å². The van der Waals surface area contributed by atoms with Crippen molar-refractivity contribution in [2.75, 3.05) is 26.2 Å². The molecule has 0 aromatic heterocycles. The molecule has 2 aliphatic rings. The maximum absolute atomic E-state index is 13.0. The van der Waals surface area contributed by atoms with Crippen LogP contribution in [0.25, 0.3) is 0 Å². The van der Waals surface area contributed by atoms with E-state index in [1.807, 2.05) is 0 Å². The molecule has 2 rings (SSSR count). The topological polar surface area (TPSA) is 33.3 Å². The SMILES string of the molecule is FC(F)C(F)(F)CC1NCCOC12CNC2. The van der Waals surface area contributed by atoms with Gasteiger partial charge in [0.2, 0.25) is 0 Å². The van der Waals surface area contributed by atoms with Crippen molar-refractivity contribution in [1.82, 2.24) is 10.6 Å². The number of alkyl halides is 4. The number of morpholine rings is 1. The fraction of sp³-hybridized carbons (Fsp3) is 1.00. The molecule has 2 fully saturated rings. The van der Waals surface area contributed by atoms with Gasteiger partial charge in [-0.05, 0) is 0 Å². The van der Waals surface area contributed by atoms with Crippen molar-refractivity contribution < 1.29 is 22.3 Å². The monoisotopic (exact) mass is 242 g/mol. The average molecular weight is 242 g/mol. The van der Waals surface area contributed by atoms with E-state index in [1.54, 1.807) is 0 Å². The lowest BCUT2D eigenvalue weighted by Gasteiger charge is -2.51. The molecule has 0 aromatic carbocycles. The van der Waals surface area contributed by atoms with Gasteiger partial charge in [-0.2, -0.15) is 0 Å². The summed E-state index contributed by atoms with van der Waals surface area (Å²) in [6.07, 6.45) is -4.51. The van der Waals surface area contributed by atoms with Crippen molar-refractivity contribution in [3.8, 4) is 0 Å². The highest BCUT2D eigenvalue weighted by Crippen LogP contribution is 2.34. The second kappa shape index (κ2) is 4.12. The van der Waals surface area contributed by atoms with Gasteiger partial charge in [0, 0.05) is 32.1 Å². The van der Waals surface area contributed by atoms with E-state index in [-0.39, 0.29) is 0 Å². The molecule has 1 unspecified atom stereocenters. The molecule has 1 spiro atoms. The number of hydrogen-bond acceptors (Lipinski definition) is 3. The summed E-state index contributed by atoms with van der Waals surface area (Å²) in [4.78, 5) is 0. The molecule has 16 heavy (non-hydrogen) atoms. The molecule has 94 valence electrons. The summed E-state index contributed by atoms with van der Waals surface area (Å²) < 4.78 is 55.6. The Labute approximate surface area is 90.5 Å². The Morgan fingerprint density at radius 1 is 1.38 bits per heavy atom. The Hall–Kier alpha value is -0.400. The summed E-state index contributed by atoms with van der Waals surface area (Å²) in [5, 5.41) is 5.76. The minimum atomic E-state index is -3.96. The summed E-state index contributed by atoms with van der Waals surface area (Å²) in [6.45, 7) is 1.72. The van der Waals surface area contributed by atoms with Crippen LogP contribution in [0, 0.1) is 0 Å². The Kier molecular flexibility index (Phi) is 3.11. The van der Waals surface area contributed by atoms with E-state index in [1.165, 1.54) is 0 Å². The molecule has 1 atom stereocenters. The first-order chi connectivity index (χ1) is 7.46. The molecule has 0 radical (unpaired) electrons. The molecule has 0 aromatic rings. The molecule has 0 amide bonds. The van der Waals surface area contributed by atoms with Gasteiger partial charge in [-0.25, -0.2) is 17.6 Å². The summed E-state index contributed by atoms with van der Waals surface area (Å²) in [7, 11) is 0. The fourth-order valence-electron chi connectivity index (χ4n) is 2.11. The number of halogens is 4. The molecule has 2 saturated heterocycles. The highest BCUT2D eigenvalue weighted by molar-refractivity contribution is 5.07. The van der Waals surface area contributed by atoms with Crippen LogP contribution in [0.2, 0.25) is 0 Å². The van der Waals surface area contributed by atoms with Gasteiger partial charge in [-0.3, -0.25) is 0 Å². The zero-order chi connectivity index (χ0) is 11.8. The van der Waals surface area contributed by atoms with Crippen LogP contribution in [0.3, 0.4) is 0 Å². The van der Waals surface area contributed by atoms with E-state index in [4.69, 9.17) is 4.74 Å². The van der Waals surface area contributed by atoms with Crippen LogP contribution in [0.5, 0.6) is 0 Å². The maximum atomic E-state index is 13.0. The van der Waals surface area contributed by atoms with Gasteiger partial charge in [-0.1, -0.05) is 0 Å². The lowest BCUT2D eigenvalue weighted by molar-refractivity contribution is -0.177. The largest absolute Gasteiger partial charge is 0.369 e. The lowest BCUT2D eigenvalue weighted by atomic mass is 9.83. The highest BCUT2D eigenvalue weighted by atomic mass is 19.3. The predicted octanol–water partition coefficient (Wildman–Crippen LogP) is 0.607. The van der Waals surface area contributed by atoms with Crippen LogP contribution >= 0.6 is 0 Å². The predicted molar refractivity (Wildman–Crippen MR) is 48.9 cm³/mol. The number of rotatable bonds is 3. The standard InChI is InChI=1S/C9H14F4N2O/c10-7(11)9(12,13)3-6-8(4-14-5-8)16-2-1-15-6/h6-7,14-15H,1-5H2. The van der Waals surface area contributed by atoms with Gasteiger partial charge in [0.25, 0.3) is 0 Å². The smallest absolute Gasteiger partial charge is 0.309 e. The van der Waals surface area contributed by atoms with E-state index in [2.05, 4.69) is 10.6 Å². The van der Waals surface area contributed by atoms with Crippen LogP contribution in [-0.4, -0.2) is 50.2 Å². The molecule has 2 N–H and O–H groups in total. The van der Waals surface area contributed by atoms with E-state index in [9.17, 15) is 17.6 Å². The summed E-state index contributed by atoms with van der Waals surface area (Å²) in [5.41, 5.74) is -0.726. The molecular weight excluding hydrogens is 228 g/mol. The quantitative estimate of drug-likeness (QED) is 0.711. The van der Waals surface area contributed by atoms with Crippen molar-refractivity contribution in [2.45, 2.75) is 30.4 Å². The van der Waals surface area contributed by atoms with Gasteiger partial charge < -0.3 is 15.4 Å². The third-order valence-corrected chi connectivity index (χ3v) is 3.16. The second-order valence-corrected chi connectivity index (χ2v) is 4.29. The Morgan fingerprint density at radius 2 is 2.06 bits per heavy atom. The van der Waals surface area contributed by atoms with Gasteiger partial charge in [0.15, 0.2) is 0 Å². The van der Waals surface area contributed by atoms with E-state index in [0.29, 0.717) is 26.2 Å². The fourth-order valence-corrected chi connectivity index (χ4v) is 2.11. The third-order valence-electron chi connectivity index (χ3n) is 3.16. The number of ether oxygens (including phenoxy) is 1. The van der Waals surface area contributed by atoms with E-state index >= 15 is 0 Å². The molecule has 3 nitrogen and oxygen atoms in total. The first kappa shape index (κ1) is 12.1. The van der Waals surface area contributed by atoms with Crippen LogP contribution in [0.1, 0.15) is 6.42 Å². The maximum Gasteiger partial charge on any atom is 0.309 e. The zero-order valence-electron chi connectivity index (χ0n) is 8.61. The second-order valence-electron chi connectivity index (χ2n) is 4.29. The average Bonchev–Trinajstić information content (AvgIpc) is 2.15. The first-order valence-electron chi connectivity index (χ1n) is 5.20. The molecule has 2 heterocycles. The first-order valence-corrected chi connectivity index (χ1v) is 5.20. The minimum Gasteiger partial charge on any atom is -0.369 e. The van der Waals surface area contributed by atoms with E-state index < -0.39 is 30.4 Å². The summed E-state index contributed by atoms with van der Waals surface area (Å²) >= 11 is 0. The Bertz CT molecular complexity index is 258. The molecule has 0 aliphatic carbocycles. The van der Waals surface area contributed by atoms with Crippen molar-refractivity contribution in [1.29, 1.82) is 0 Å². The van der Waals surface area contributed by atoms with Crippen LogP contribution in [-0.2, 0) is 4.74 Å². The van der Waals surface area contributed by atoms with Crippen LogP contribution < -0.4 is 10.6 Å². The number of nitrogens with one attached hydrogen (secondary N) is 2. The minimum absolute atomic E-state index is 0.422. The van der Waals surface area contributed by atoms with Gasteiger partial charge in [0.05, 0.1) is 6.61 Å². The molecule has 0 bridgehead atoms. The Balaban J connectivity index is 2.02. The van der Waals surface area contributed by atoms with Gasteiger partial charge in [0.1, 0.15) is 5.60 Å². The van der Waals surface area contributed by atoms with Gasteiger partial charge in [-0.15, -0.1) is 0 Å². The van der Waals surface area contributed by atoms with Crippen LogP contribution in [0.15, 0.2) is 0 Å². The van der Waals surface area contributed by atoms with Crippen molar-refractivity contribution in [3.63, 3.8) is 0 Å². The van der Waals surface area contributed by atoms with Gasteiger partial charge >= 0.3 is 12.3 Å².